The number of piperazine rings is 1. The molecular formula is C16H23ClN2O2. The Morgan fingerprint density at radius 2 is 2.14 bits per heavy atom. The van der Waals surface area contributed by atoms with Crippen LogP contribution in [0.1, 0.15) is 27.2 Å². The molecule has 1 saturated heterocycles. The normalized spacial score (nSPS) is 18.8. The summed E-state index contributed by atoms with van der Waals surface area (Å²) < 4.78 is 5.55. The van der Waals surface area contributed by atoms with Crippen LogP contribution in [0, 0.1) is 0 Å². The van der Waals surface area contributed by atoms with Crippen LogP contribution in [0.3, 0.4) is 0 Å². The summed E-state index contributed by atoms with van der Waals surface area (Å²) in [5, 5.41) is 0.633. The van der Waals surface area contributed by atoms with Crippen LogP contribution in [0.15, 0.2) is 18.2 Å². The van der Waals surface area contributed by atoms with Crippen molar-refractivity contribution in [3.63, 3.8) is 0 Å². The molecular weight excluding hydrogens is 288 g/mol. The van der Waals surface area contributed by atoms with Gasteiger partial charge in [-0.2, -0.15) is 0 Å². The third-order valence-corrected chi connectivity index (χ3v) is 4.14. The lowest BCUT2D eigenvalue weighted by Crippen LogP contribution is -2.54. The van der Waals surface area contributed by atoms with E-state index >= 15 is 0 Å². The van der Waals surface area contributed by atoms with E-state index < -0.39 is 0 Å². The molecule has 1 fully saturated rings. The molecule has 0 N–H and O–H groups in total. The van der Waals surface area contributed by atoms with Crippen molar-refractivity contribution in [1.82, 2.24) is 4.90 Å². The average Bonchev–Trinajstić information content (AvgIpc) is 2.49. The van der Waals surface area contributed by atoms with Crippen molar-refractivity contribution < 1.29 is 9.53 Å². The molecule has 0 saturated carbocycles. The molecule has 0 radical (unpaired) electrons. The van der Waals surface area contributed by atoms with Gasteiger partial charge >= 0.3 is 0 Å². The number of halogens is 1. The summed E-state index contributed by atoms with van der Waals surface area (Å²) in [5.41, 5.74) is 1.10. The zero-order chi connectivity index (χ0) is 15.4. The highest BCUT2D eigenvalue weighted by molar-refractivity contribution is 6.32. The van der Waals surface area contributed by atoms with Gasteiger partial charge in [0.05, 0.1) is 11.6 Å². The van der Waals surface area contributed by atoms with Crippen molar-refractivity contribution in [1.29, 1.82) is 0 Å². The third kappa shape index (κ3) is 3.62. The molecule has 0 aliphatic carbocycles. The Morgan fingerprint density at radius 3 is 2.76 bits per heavy atom. The van der Waals surface area contributed by atoms with E-state index in [9.17, 15) is 4.79 Å². The molecule has 2 rings (SSSR count). The Hall–Kier alpha value is -1.42. The van der Waals surface area contributed by atoms with Gasteiger partial charge in [0.1, 0.15) is 5.75 Å². The number of amides is 1. The van der Waals surface area contributed by atoms with E-state index in [2.05, 4.69) is 11.8 Å². The highest BCUT2D eigenvalue weighted by Crippen LogP contribution is 2.30. The van der Waals surface area contributed by atoms with Crippen LogP contribution < -0.4 is 9.64 Å². The molecule has 0 bridgehead atoms. The lowest BCUT2D eigenvalue weighted by Gasteiger charge is -2.41. The first-order valence-electron chi connectivity index (χ1n) is 7.53. The van der Waals surface area contributed by atoms with Crippen molar-refractivity contribution in [2.45, 2.75) is 33.2 Å². The fourth-order valence-electron chi connectivity index (χ4n) is 2.72. The number of carbonyl (C=O) groups excluding carboxylic acids is 1. The Labute approximate surface area is 131 Å². The van der Waals surface area contributed by atoms with Gasteiger partial charge in [0.2, 0.25) is 5.91 Å². The highest BCUT2D eigenvalue weighted by Gasteiger charge is 2.26. The second-order valence-corrected chi connectivity index (χ2v) is 5.69. The number of rotatable bonds is 4. The summed E-state index contributed by atoms with van der Waals surface area (Å²) >= 11 is 6.13. The maximum Gasteiger partial charge on any atom is 0.222 e. The molecule has 0 unspecified atom stereocenters. The molecule has 5 heteroatoms. The topological polar surface area (TPSA) is 32.8 Å². The smallest absolute Gasteiger partial charge is 0.222 e. The molecule has 1 aromatic carbocycles. The van der Waals surface area contributed by atoms with Crippen LogP contribution in [0.25, 0.3) is 0 Å². The van der Waals surface area contributed by atoms with Gasteiger partial charge in [0, 0.05) is 43.9 Å². The molecule has 1 aliphatic heterocycles. The second kappa shape index (κ2) is 7.03. The third-order valence-electron chi connectivity index (χ3n) is 3.83. The van der Waals surface area contributed by atoms with Gasteiger partial charge in [-0.1, -0.05) is 18.5 Å². The summed E-state index contributed by atoms with van der Waals surface area (Å²) in [4.78, 5) is 16.1. The molecule has 0 spiro atoms. The molecule has 1 aromatic rings. The minimum Gasteiger partial charge on any atom is -0.492 e. The van der Waals surface area contributed by atoms with E-state index in [4.69, 9.17) is 16.3 Å². The maximum absolute atomic E-state index is 11.9. The van der Waals surface area contributed by atoms with Crippen molar-refractivity contribution in [2.75, 3.05) is 31.1 Å². The van der Waals surface area contributed by atoms with E-state index in [-0.39, 0.29) is 11.9 Å². The van der Waals surface area contributed by atoms with Crippen molar-refractivity contribution in [3.8, 4) is 5.75 Å². The quantitative estimate of drug-likeness (QED) is 0.856. The minimum atomic E-state index is 0.220. The van der Waals surface area contributed by atoms with Crippen LogP contribution in [-0.4, -0.2) is 43.1 Å². The van der Waals surface area contributed by atoms with Gasteiger partial charge in [-0.15, -0.1) is 0 Å². The summed E-state index contributed by atoms with van der Waals surface area (Å²) in [6.07, 6.45) is 0.569. The standard InChI is InChI=1S/C16H23ClN2O2/c1-4-16(20)19-9-8-18(11-12(19)3)13-6-7-14(17)15(10-13)21-5-2/h6-7,10,12H,4-5,8-9,11H2,1-3H3/t12-/m0/s1. The molecule has 1 amide bonds. The van der Waals surface area contributed by atoms with Crippen LogP contribution in [0.2, 0.25) is 5.02 Å². The number of benzene rings is 1. The molecule has 1 aliphatic rings. The number of hydrogen-bond acceptors (Lipinski definition) is 3. The Balaban J connectivity index is 2.10. The molecule has 0 aromatic heterocycles. The largest absolute Gasteiger partial charge is 0.492 e. The Kier molecular flexibility index (Phi) is 5.34. The van der Waals surface area contributed by atoms with Crippen LogP contribution in [0.5, 0.6) is 5.75 Å². The maximum atomic E-state index is 11.9. The fourth-order valence-corrected chi connectivity index (χ4v) is 2.89. The summed E-state index contributed by atoms with van der Waals surface area (Å²) in [6.45, 7) is 8.98. The predicted molar refractivity (Wildman–Crippen MR) is 86.3 cm³/mol. The Bertz CT molecular complexity index is 507. The summed E-state index contributed by atoms with van der Waals surface area (Å²) in [5.74, 6) is 0.949. The number of anilines is 1. The number of nitrogens with zero attached hydrogens (tertiary/aromatic N) is 2. The summed E-state index contributed by atoms with van der Waals surface area (Å²) in [6, 6.07) is 6.08. The molecule has 1 atom stereocenters. The van der Waals surface area contributed by atoms with Crippen LogP contribution in [-0.2, 0) is 4.79 Å². The fraction of sp³-hybridized carbons (Fsp3) is 0.562. The lowest BCUT2D eigenvalue weighted by atomic mass is 10.1. The number of hydrogen-bond donors (Lipinski definition) is 0. The number of ether oxygens (including phenoxy) is 1. The van der Waals surface area contributed by atoms with E-state index in [0.29, 0.717) is 18.1 Å². The zero-order valence-corrected chi connectivity index (χ0v) is 13.7. The molecule has 1 heterocycles. The average molecular weight is 311 g/mol. The van der Waals surface area contributed by atoms with Crippen molar-refractivity contribution in [3.05, 3.63) is 23.2 Å². The van der Waals surface area contributed by atoms with E-state index in [1.165, 1.54) is 0 Å². The molecule has 116 valence electrons. The minimum absolute atomic E-state index is 0.220. The van der Waals surface area contributed by atoms with Gasteiger partial charge in [0.25, 0.3) is 0 Å². The summed E-state index contributed by atoms with van der Waals surface area (Å²) in [7, 11) is 0. The van der Waals surface area contributed by atoms with E-state index in [0.717, 1.165) is 31.1 Å². The van der Waals surface area contributed by atoms with Gasteiger partial charge in [-0.05, 0) is 26.0 Å². The molecule has 4 nitrogen and oxygen atoms in total. The van der Waals surface area contributed by atoms with Gasteiger partial charge in [0.15, 0.2) is 0 Å². The van der Waals surface area contributed by atoms with Gasteiger partial charge in [-0.3, -0.25) is 4.79 Å². The van der Waals surface area contributed by atoms with Crippen LogP contribution in [0.4, 0.5) is 5.69 Å². The SMILES string of the molecule is CCOc1cc(N2CCN(C(=O)CC)[C@@H](C)C2)ccc1Cl. The van der Waals surface area contributed by atoms with Gasteiger partial charge < -0.3 is 14.5 Å². The van der Waals surface area contributed by atoms with Crippen molar-refractivity contribution >= 4 is 23.2 Å². The van der Waals surface area contributed by atoms with E-state index in [1.807, 2.05) is 36.9 Å². The predicted octanol–water partition coefficient (Wildman–Crippen LogP) is 3.19. The lowest BCUT2D eigenvalue weighted by molar-refractivity contribution is -0.133. The van der Waals surface area contributed by atoms with Crippen molar-refractivity contribution in [2.24, 2.45) is 0 Å². The van der Waals surface area contributed by atoms with Gasteiger partial charge in [-0.25, -0.2) is 0 Å². The Morgan fingerprint density at radius 1 is 1.38 bits per heavy atom. The first-order chi connectivity index (χ1) is 10.1. The first-order valence-corrected chi connectivity index (χ1v) is 7.91. The second-order valence-electron chi connectivity index (χ2n) is 5.28. The first kappa shape index (κ1) is 16.0. The zero-order valence-electron chi connectivity index (χ0n) is 12.9. The monoisotopic (exact) mass is 310 g/mol. The number of carbonyl (C=O) groups is 1. The highest BCUT2D eigenvalue weighted by atomic mass is 35.5. The van der Waals surface area contributed by atoms with E-state index in [1.54, 1.807) is 0 Å². The van der Waals surface area contributed by atoms with Crippen LogP contribution >= 0.6 is 11.6 Å². The molecule has 21 heavy (non-hydrogen) atoms.